The maximum absolute atomic E-state index is 13.6. The number of amides is 1. The summed E-state index contributed by atoms with van der Waals surface area (Å²) < 4.78 is 6.15. The lowest BCUT2D eigenvalue weighted by atomic mass is 10.0. The Bertz CT molecular complexity index is 1140. The van der Waals surface area contributed by atoms with Crippen molar-refractivity contribution >= 4 is 29.1 Å². The van der Waals surface area contributed by atoms with E-state index in [0.29, 0.717) is 39.7 Å². The van der Waals surface area contributed by atoms with Crippen molar-refractivity contribution in [3.05, 3.63) is 75.7 Å². The number of hydrogen-bond donors (Lipinski definition) is 0. The van der Waals surface area contributed by atoms with Crippen molar-refractivity contribution in [1.82, 2.24) is 14.8 Å². The number of carbonyl (C=O) groups excluding carboxylic acids is 1. The molecule has 2 aromatic heterocycles. The Morgan fingerprint density at radius 2 is 1.91 bits per heavy atom. The molecule has 7 heteroatoms. The van der Waals surface area contributed by atoms with Crippen LogP contribution in [-0.4, -0.2) is 46.4 Å². The van der Waals surface area contributed by atoms with Gasteiger partial charge in [-0.3, -0.25) is 9.78 Å². The molecule has 186 valence electrons. The van der Waals surface area contributed by atoms with Gasteiger partial charge in [0, 0.05) is 35.9 Å². The summed E-state index contributed by atoms with van der Waals surface area (Å²) in [4.78, 5) is 22.5. The summed E-state index contributed by atoms with van der Waals surface area (Å²) in [6, 6.07) is 13.0. The van der Waals surface area contributed by atoms with Gasteiger partial charge < -0.3 is 14.2 Å². The molecule has 3 aromatic rings. The Labute approximate surface area is 218 Å². The van der Waals surface area contributed by atoms with E-state index in [-0.39, 0.29) is 11.9 Å². The second-order valence-corrected chi connectivity index (χ2v) is 10.6. The molecule has 0 saturated carbocycles. The van der Waals surface area contributed by atoms with Crippen LogP contribution in [0.1, 0.15) is 54.9 Å². The monoisotopic (exact) mass is 513 g/mol. The highest BCUT2D eigenvalue weighted by Crippen LogP contribution is 2.32. The summed E-state index contributed by atoms with van der Waals surface area (Å²) in [5, 5.41) is 1.11. The highest BCUT2D eigenvalue weighted by atomic mass is 35.5. The van der Waals surface area contributed by atoms with Crippen molar-refractivity contribution in [2.75, 3.05) is 19.6 Å². The van der Waals surface area contributed by atoms with E-state index in [1.165, 1.54) is 6.42 Å². The molecule has 1 aliphatic rings. The van der Waals surface area contributed by atoms with Gasteiger partial charge in [-0.1, -0.05) is 43.1 Å². The molecule has 0 N–H and O–H groups in total. The van der Waals surface area contributed by atoms with E-state index in [9.17, 15) is 4.79 Å². The van der Waals surface area contributed by atoms with Crippen molar-refractivity contribution in [3.63, 3.8) is 0 Å². The highest BCUT2D eigenvalue weighted by Gasteiger charge is 2.30. The number of benzene rings is 1. The maximum Gasteiger partial charge on any atom is 0.273 e. The second-order valence-electron chi connectivity index (χ2n) is 9.80. The van der Waals surface area contributed by atoms with Crippen molar-refractivity contribution < 1.29 is 9.21 Å². The zero-order chi connectivity index (χ0) is 24.9. The predicted octanol–water partition coefficient (Wildman–Crippen LogP) is 7.11. The number of pyridine rings is 1. The summed E-state index contributed by atoms with van der Waals surface area (Å²) in [6.45, 7) is 9.97. The lowest BCUT2D eigenvalue weighted by molar-refractivity contribution is 0.0522. The van der Waals surface area contributed by atoms with E-state index in [1.807, 2.05) is 42.2 Å². The number of rotatable bonds is 8. The zero-order valence-electron chi connectivity index (χ0n) is 20.6. The minimum Gasteiger partial charge on any atom is -0.459 e. The second kappa shape index (κ2) is 11.6. The van der Waals surface area contributed by atoms with E-state index in [1.54, 1.807) is 18.3 Å². The smallest absolute Gasteiger partial charge is 0.273 e. The van der Waals surface area contributed by atoms with Gasteiger partial charge in [-0.2, -0.15) is 0 Å². The molecule has 3 heterocycles. The molecule has 4 rings (SSSR count). The van der Waals surface area contributed by atoms with Gasteiger partial charge in [-0.25, -0.2) is 0 Å². The number of halogens is 2. The first-order chi connectivity index (χ1) is 16.8. The van der Waals surface area contributed by atoms with E-state index < -0.39 is 0 Å². The van der Waals surface area contributed by atoms with Gasteiger partial charge >= 0.3 is 0 Å². The number of carbonyl (C=O) groups is 1. The quantitative estimate of drug-likeness (QED) is 0.322. The first kappa shape index (κ1) is 25.7. The Morgan fingerprint density at radius 1 is 1.14 bits per heavy atom. The number of aromatic nitrogens is 1. The fourth-order valence-corrected chi connectivity index (χ4v) is 4.97. The van der Waals surface area contributed by atoms with Crippen LogP contribution in [0.4, 0.5) is 0 Å². The standard InChI is InChI=1S/C28H33Cl2N3O2/c1-19(2)10-13-32-14-11-22(12-15-32)33(28(34)26-8-4-20(3)17-31-26)18-23-6-9-27(35-23)24-7-5-21(29)16-25(24)30/h4-9,16-17,19,22H,10-15,18H2,1-3H3. The van der Waals surface area contributed by atoms with Crippen LogP contribution in [0.5, 0.6) is 0 Å². The van der Waals surface area contributed by atoms with Crippen LogP contribution in [0.3, 0.4) is 0 Å². The average Bonchev–Trinajstić information content (AvgIpc) is 3.30. The Kier molecular flexibility index (Phi) is 8.53. The van der Waals surface area contributed by atoms with Crippen molar-refractivity contribution in [1.29, 1.82) is 0 Å². The summed E-state index contributed by atoms with van der Waals surface area (Å²) in [7, 11) is 0. The summed E-state index contributed by atoms with van der Waals surface area (Å²) in [6.07, 6.45) is 4.81. The fourth-order valence-electron chi connectivity index (χ4n) is 4.47. The largest absolute Gasteiger partial charge is 0.459 e. The molecule has 35 heavy (non-hydrogen) atoms. The molecular formula is C28H33Cl2N3O2. The minimum atomic E-state index is -0.0619. The SMILES string of the molecule is Cc1ccc(C(=O)N(Cc2ccc(-c3ccc(Cl)cc3Cl)o2)C2CCN(CCC(C)C)CC2)nc1. The molecule has 0 spiro atoms. The first-order valence-corrected chi connectivity index (χ1v) is 13.1. The maximum atomic E-state index is 13.6. The predicted molar refractivity (Wildman–Crippen MR) is 142 cm³/mol. The third-order valence-electron chi connectivity index (χ3n) is 6.60. The van der Waals surface area contributed by atoms with Crippen LogP contribution >= 0.6 is 23.2 Å². The van der Waals surface area contributed by atoms with E-state index >= 15 is 0 Å². The van der Waals surface area contributed by atoms with Crippen LogP contribution < -0.4 is 0 Å². The minimum absolute atomic E-state index is 0.0619. The Balaban J connectivity index is 1.53. The van der Waals surface area contributed by atoms with Crippen LogP contribution in [0.15, 0.2) is 53.1 Å². The zero-order valence-corrected chi connectivity index (χ0v) is 22.1. The Morgan fingerprint density at radius 3 is 2.57 bits per heavy atom. The van der Waals surface area contributed by atoms with Crippen LogP contribution in [-0.2, 0) is 6.54 Å². The lowest BCUT2D eigenvalue weighted by Gasteiger charge is -2.38. The summed E-state index contributed by atoms with van der Waals surface area (Å²) in [5.74, 6) is 2.01. The molecule has 1 aliphatic heterocycles. The summed E-state index contributed by atoms with van der Waals surface area (Å²) >= 11 is 12.4. The van der Waals surface area contributed by atoms with Gasteiger partial charge in [-0.15, -0.1) is 0 Å². The third kappa shape index (κ3) is 6.66. The number of hydrogen-bond acceptors (Lipinski definition) is 4. The van der Waals surface area contributed by atoms with Crippen LogP contribution in [0.2, 0.25) is 10.0 Å². The van der Waals surface area contributed by atoms with Gasteiger partial charge in [0.25, 0.3) is 5.91 Å². The van der Waals surface area contributed by atoms with E-state index in [0.717, 1.165) is 43.6 Å². The van der Waals surface area contributed by atoms with Gasteiger partial charge in [0.15, 0.2) is 0 Å². The number of piperidine rings is 1. The van der Waals surface area contributed by atoms with E-state index in [2.05, 4.69) is 23.7 Å². The van der Waals surface area contributed by atoms with Crippen molar-refractivity contribution in [3.8, 4) is 11.3 Å². The molecule has 1 saturated heterocycles. The molecular weight excluding hydrogens is 481 g/mol. The number of furan rings is 1. The van der Waals surface area contributed by atoms with Gasteiger partial charge in [-0.05, 0) is 80.6 Å². The molecule has 0 bridgehead atoms. The van der Waals surface area contributed by atoms with Crippen LogP contribution in [0.25, 0.3) is 11.3 Å². The normalized spacial score (nSPS) is 15.0. The molecule has 1 fully saturated rings. The van der Waals surface area contributed by atoms with Crippen LogP contribution in [0, 0.1) is 12.8 Å². The first-order valence-electron chi connectivity index (χ1n) is 12.3. The Hall–Kier alpha value is -2.34. The summed E-state index contributed by atoms with van der Waals surface area (Å²) in [5.41, 5.74) is 2.27. The highest BCUT2D eigenvalue weighted by molar-refractivity contribution is 6.36. The molecule has 0 radical (unpaired) electrons. The number of aryl methyl sites for hydroxylation is 1. The lowest BCUT2D eigenvalue weighted by Crippen LogP contribution is -2.47. The van der Waals surface area contributed by atoms with Gasteiger partial charge in [0.1, 0.15) is 17.2 Å². The molecule has 0 unspecified atom stereocenters. The topological polar surface area (TPSA) is 49.6 Å². The molecule has 0 aliphatic carbocycles. The fraction of sp³-hybridized carbons (Fsp3) is 0.429. The van der Waals surface area contributed by atoms with Gasteiger partial charge in [0.2, 0.25) is 0 Å². The molecule has 0 atom stereocenters. The van der Waals surface area contributed by atoms with Crippen molar-refractivity contribution in [2.24, 2.45) is 5.92 Å². The number of likely N-dealkylation sites (tertiary alicyclic amines) is 1. The molecule has 1 aromatic carbocycles. The third-order valence-corrected chi connectivity index (χ3v) is 7.14. The average molecular weight is 514 g/mol. The van der Waals surface area contributed by atoms with E-state index in [4.69, 9.17) is 27.6 Å². The molecule has 5 nitrogen and oxygen atoms in total. The van der Waals surface area contributed by atoms with Crippen molar-refractivity contribution in [2.45, 2.75) is 52.6 Å². The van der Waals surface area contributed by atoms with Gasteiger partial charge in [0.05, 0.1) is 11.6 Å². The molecule has 1 amide bonds. The number of nitrogens with zero attached hydrogens (tertiary/aromatic N) is 3.